The van der Waals surface area contributed by atoms with Gasteiger partial charge in [0.1, 0.15) is 0 Å². The van der Waals surface area contributed by atoms with Crippen LogP contribution in [-0.4, -0.2) is 69.5 Å². The van der Waals surface area contributed by atoms with Crippen LogP contribution in [0.4, 0.5) is 0 Å². The molecule has 7 heteroatoms. The summed E-state index contributed by atoms with van der Waals surface area (Å²) in [6.45, 7) is 2.54. The number of rotatable bonds is 8. The van der Waals surface area contributed by atoms with Gasteiger partial charge in [-0.05, 0) is 38.6 Å². The lowest BCUT2D eigenvalue weighted by molar-refractivity contribution is 0.0556. The van der Waals surface area contributed by atoms with Crippen molar-refractivity contribution in [3.63, 3.8) is 0 Å². The lowest BCUT2D eigenvalue weighted by Gasteiger charge is -2.33. The summed E-state index contributed by atoms with van der Waals surface area (Å²) in [6, 6.07) is 0.682. The van der Waals surface area contributed by atoms with Crippen molar-refractivity contribution in [2.45, 2.75) is 44.2 Å². The molecule has 0 bridgehead atoms. The maximum absolute atomic E-state index is 12.5. The molecule has 2 aliphatic rings. The van der Waals surface area contributed by atoms with E-state index < -0.39 is 10.2 Å². The largest absolute Gasteiger partial charge is 0.380 e. The Bertz CT molecular complexity index is 398. The number of nitrogens with one attached hydrogen (secondary N) is 1. The SMILES string of the molecule is COC1CCCN(S(=O)(=O)N(C)CCCNC2CC2)C1. The first-order valence-electron chi connectivity index (χ1n) is 7.51. The number of piperidine rings is 1. The Balaban J connectivity index is 1.77. The molecular weight excluding hydrogens is 278 g/mol. The van der Waals surface area contributed by atoms with Gasteiger partial charge in [-0.15, -0.1) is 0 Å². The van der Waals surface area contributed by atoms with E-state index in [1.165, 1.54) is 17.1 Å². The summed E-state index contributed by atoms with van der Waals surface area (Å²) in [5.74, 6) is 0. The van der Waals surface area contributed by atoms with Crippen LogP contribution in [0, 0.1) is 0 Å². The molecule has 1 saturated carbocycles. The third-order valence-electron chi connectivity index (χ3n) is 4.05. The van der Waals surface area contributed by atoms with Crippen LogP contribution >= 0.6 is 0 Å². The molecule has 0 aromatic heterocycles. The predicted octanol–water partition coefficient (Wildman–Crippen LogP) is 0.416. The standard InChI is InChI=1S/C13H27N3O3S/c1-15(9-4-8-14-12-6-7-12)20(17,18)16-10-3-5-13(11-16)19-2/h12-14H,3-11H2,1-2H3. The van der Waals surface area contributed by atoms with E-state index in [0.717, 1.165) is 25.8 Å². The zero-order chi connectivity index (χ0) is 14.6. The minimum absolute atomic E-state index is 0.0310. The Kier molecular flexibility index (Phi) is 5.80. The molecule has 0 amide bonds. The average Bonchev–Trinajstić information content (AvgIpc) is 3.27. The Morgan fingerprint density at radius 2 is 2.10 bits per heavy atom. The van der Waals surface area contributed by atoms with E-state index in [9.17, 15) is 8.42 Å². The van der Waals surface area contributed by atoms with Crippen LogP contribution in [0.1, 0.15) is 32.1 Å². The van der Waals surface area contributed by atoms with E-state index in [0.29, 0.717) is 25.7 Å². The second-order valence-corrected chi connectivity index (χ2v) is 7.80. The fourth-order valence-electron chi connectivity index (χ4n) is 2.51. The molecular formula is C13H27N3O3S. The van der Waals surface area contributed by atoms with Gasteiger partial charge in [0.05, 0.1) is 6.10 Å². The summed E-state index contributed by atoms with van der Waals surface area (Å²) in [5.41, 5.74) is 0. The highest BCUT2D eigenvalue weighted by molar-refractivity contribution is 7.86. The summed E-state index contributed by atoms with van der Waals surface area (Å²) in [4.78, 5) is 0. The minimum atomic E-state index is -3.33. The van der Waals surface area contributed by atoms with Crippen molar-refractivity contribution in [3.8, 4) is 0 Å². The molecule has 1 atom stereocenters. The first-order chi connectivity index (χ1) is 9.54. The maximum Gasteiger partial charge on any atom is 0.281 e. The smallest absolute Gasteiger partial charge is 0.281 e. The number of nitrogens with zero attached hydrogens (tertiary/aromatic N) is 2. The number of ether oxygens (including phenoxy) is 1. The van der Waals surface area contributed by atoms with Gasteiger partial charge in [0.2, 0.25) is 0 Å². The highest BCUT2D eigenvalue weighted by Gasteiger charge is 2.31. The van der Waals surface area contributed by atoms with Crippen LogP contribution in [0.2, 0.25) is 0 Å². The van der Waals surface area contributed by atoms with Gasteiger partial charge in [-0.25, -0.2) is 0 Å². The Labute approximate surface area is 122 Å². The van der Waals surface area contributed by atoms with E-state index >= 15 is 0 Å². The van der Waals surface area contributed by atoms with Gasteiger partial charge in [-0.1, -0.05) is 0 Å². The van der Waals surface area contributed by atoms with E-state index in [-0.39, 0.29) is 6.10 Å². The third-order valence-corrected chi connectivity index (χ3v) is 6.01. The number of hydrogen-bond acceptors (Lipinski definition) is 4. The first kappa shape index (κ1) is 16.2. The molecule has 1 aliphatic heterocycles. The lowest BCUT2D eigenvalue weighted by atomic mass is 10.1. The fraction of sp³-hybridized carbons (Fsp3) is 1.00. The summed E-state index contributed by atoms with van der Waals surface area (Å²) < 4.78 is 33.2. The molecule has 2 rings (SSSR count). The van der Waals surface area contributed by atoms with Crippen LogP contribution in [-0.2, 0) is 14.9 Å². The van der Waals surface area contributed by atoms with Crippen LogP contribution in [0.25, 0.3) is 0 Å². The Morgan fingerprint density at radius 1 is 1.35 bits per heavy atom. The minimum Gasteiger partial charge on any atom is -0.380 e. The van der Waals surface area contributed by atoms with E-state index in [1.54, 1.807) is 18.5 Å². The van der Waals surface area contributed by atoms with Gasteiger partial charge in [-0.3, -0.25) is 0 Å². The van der Waals surface area contributed by atoms with Crippen molar-refractivity contribution in [3.05, 3.63) is 0 Å². The van der Waals surface area contributed by atoms with Gasteiger partial charge in [0, 0.05) is 39.8 Å². The number of methoxy groups -OCH3 is 1. The molecule has 6 nitrogen and oxygen atoms in total. The van der Waals surface area contributed by atoms with Crippen molar-refractivity contribution in [1.29, 1.82) is 0 Å². The fourth-order valence-corrected chi connectivity index (χ4v) is 3.98. The van der Waals surface area contributed by atoms with Crippen molar-refractivity contribution in [2.24, 2.45) is 0 Å². The molecule has 0 spiro atoms. The molecule has 1 saturated heterocycles. The second-order valence-electron chi connectivity index (χ2n) is 5.77. The zero-order valence-corrected chi connectivity index (χ0v) is 13.4. The Hall–Kier alpha value is -0.210. The van der Waals surface area contributed by atoms with Gasteiger partial charge in [0.15, 0.2) is 0 Å². The monoisotopic (exact) mass is 305 g/mol. The molecule has 1 N–H and O–H groups in total. The summed E-state index contributed by atoms with van der Waals surface area (Å²) in [5, 5.41) is 3.40. The van der Waals surface area contributed by atoms with Crippen molar-refractivity contribution < 1.29 is 13.2 Å². The molecule has 20 heavy (non-hydrogen) atoms. The zero-order valence-electron chi connectivity index (χ0n) is 12.5. The van der Waals surface area contributed by atoms with E-state index in [2.05, 4.69) is 5.32 Å². The predicted molar refractivity (Wildman–Crippen MR) is 78.8 cm³/mol. The Morgan fingerprint density at radius 3 is 2.75 bits per heavy atom. The third kappa shape index (κ3) is 4.39. The molecule has 0 aromatic rings. The lowest BCUT2D eigenvalue weighted by Crippen LogP contribution is -2.48. The van der Waals surface area contributed by atoms with Gasteiger partial charge in [-0.2, -0.15) is 17.0 Å². The van der Waals surface area contributed by atoms with Gasteiger partial charge >= 0.3 is 0 Å². The highest BCUT2D eigenvalue weighted by Crippen LogP contribution is 2.19. The quantitative estimate of drug-likeness (QED) is 0.660. The molecule has 1 aliphatic carbocycles. The van der Waals surface area contributed by atoms with E-state index in [4.69, 9.17) is 4.74 Å². The molecule has 2 fully saturated rings. The van der Waals surface area contributed by atoms with Crippen LogP contribution in [0.5, 0.6) is 0 Å². The van der Waals surface area contributed by atoms with Gasteiger partial charge in [0.25, 0.3) is 10.2 Å². The van der Waals surface area contributed by atoms with Crippen molar-refractivity contribution in [2.75, 3.05) is 40.3 Å². The van der Waals surface area contributed by atoms with Crippen molar-refractivity contribution >= 4 is 10.2 Å². The van der Waals surface area contributed by atoms with Crippen LogP contribution in [0.3, 0.4) is 0 Å². The molecule has 1 heterocycles. The maximum atomic E-state index is 12.5. The summed E-state index contributed by atoms with van der Waals surface area (Å²) in [6.07, 6.45) is 5.23. The normalized spacial score (nSPS) is 25.2. The molecule has 118 valence electrons. The topological polar surface area (TPSA) is 61.9 Å². The van der Waals surface area contributed by atoms with Crippen LogP contribution < -0.4 is 5.32 Å². The summed E-state index contributed by atoms with van der Waals surface area (Å²) in [7, 11) is -0.0149. The second kappa shape index (κ2) is 7.17. The van der Waals surface area contributed by atoms with Gasteiger partial charge < -0.3 is 10.1 Å². The molecule has 0 aromatic carbocycles. The highest BCUT2D eigenvalue weighted by atomic mass is 32.2. The molecule has 1 unspecified atom stereocenters. The number of hydrogen-bond donors (Lipinski definition) is 1. The van der Waals surface area contributed by atoms with E-state index in [1.807, 2.05) is 0 Å². The van der Waals surface area contributed by atoms with Crippen LogP contribution in [0.15, 0.2) is 0 Å². The summed E-state index contributed by atoms with van der Waals surface area (Å²) >= 11 is 0. The average molecular weight is 305 g/mol. The molecule has 0 radical (unpaired) electrons. The first-order valence-corrected chi connectivity index (χ1v) is 8.91. The van der Waals surface area contributed by atoms with Crippen molar-refractivity contribution in [1.82, 2.24) is 13.9 Å².